The molecule has 0 aliphatic rings. The number of ether oxygens (including phenoxy) is 1. The number of carbonyl (C=O) groups excluding carboxylic acids is 1. The number of hydrogen-bond donors (Lipinski definition) is 0. The van der Waals surface area contributed by atoms with E-state index in [2.05, 4.69) is 9.72 Å². The van der Waals surface area contributed by atoms with Crippen LogP contribution in [0.5, 0.6) is 0 Å². The number of thiazole rings is 1. The number of carbonyl (C=O) groups is 1. The summed E-state index contributed by atoms with van der Waals surface area (Å²) < 4.78 is 5.03. The molecule has 0 radical (unpaired) electrons. The van der Waals surface area contributed by atoms with E-state index in [1.165, 1.54) is 18.3 Å². The average Bonchev–Trinajstić information content (AvgIpc) is 2.35. The van der Waals surface area contributed by atoms with E-state index in [0.717, 1.165) is 5.69 Å². The van der Waals surface area contributed by atoms with Gasteiger partial charge in [-0.15, -0.1) is 11.3 Å². The molecule has 0 atom stereocenters. The van der Waals surface area contributed by atoms with Gasteiger partial charge in [0, 0.05) is 18.0 Å². The van der Waals surface area contributed by atoms with Crippen molar-refractivity contribution in [2.45, 2.75) is 20.8 Å². The Bertz CT molecular complexity index is 246. The van der Waals surface area contributed by atoms with Crippen LogP contribution in [0, 0.1) is 6.92 Å². The molecule has 0 amide bonds. The molecule has 1 aromatic heterocycles. The quantitative estimate of drug-likeness (QED) is 0.685. The molecular weight excluding hydrogens is 210 g/mol. The van der Waals surface area contributed by atoms with E-state index in [4.69, 9.17) is 11.6 Å². The molecule has 0 N–H and O–H groups in total. The summed E-state index contributed by atoms with van der Waals surface area (Å²) in [6.45, 7) is 5.57. The van der Waals surface area contributed by atoms with Crippen molar-refractivity contribution >= 4 is 28.9 Å². The minimum atomic E-state index is -0.211. The predicted molar refractivity (Wildman–Crippen MR) is 54.2 cm³/mol. The number of nitrogens with zero attached hydrogens (tertiary/aromatic N) is 1. The zero-order valence-electron chi connectivity index (χ0n) is 7.83. The van der Waals surface area contributed by atoms with Crippen LogP contribution in [0.3, 0.4) is 0 Å². The lowest BCUT2D eigenvalue weighted by molar-refractivity contribution is -0.140. The molecule has 0 bridgehead atoms. The van der Waals surface area contributed by atoms with Crippen LogP contribution in [0.15, 0.2) is 5.38 Å². The molecule has 0 spiro atoms. The second kappa shape index (κ2) is 6.86. The van der Waals surface area contributed by atoms with E-state index in [1.54, 1.807) is 6.92 Å². The molecule has 0 unspecified atom stereocenters. The van der Waals surface area contributed by atoms with E-state index >= 15 is 0 Å². The summed E-state index contributed by atoms with van der Waals surface area (Å²) in [4.78, 5) is 13.7. The van der Waals surface area contributed by atoms with E-state index in [0.29, 0.717) is 11.1 Å². The highest BCUT2D eigenvalue weighted by atomic mass is 35.5. The fraction of sp³-hybridized carbons (Fsp3) is 0.500. The van der Waals surface area contributed by atoms with Crippen molar-refractivity contribution < 1.29 is 9.53 Å². The molecule has 1 rings (SSSR count). The molecule has 13 heavy (non-hydrogen) atoms. The molecule has 0 aromatic carbocycles. The highest BCUT2D eigenvalue weighted by Gasteiger charge is 1.88. The lowest BCUT2D eigenvalue weighted by Crippen LogP contribution is -1.95. The molecule has 0 saturated carbocycles. The van der Waals surface area contributed by atoms with Gasteiger partial charge in [0.1, 0.15) is 0 Å². The lowest BCUT2D eigenvalue weighted by atomic mass is 10.6. The molecule has 0 saturated heterocycles. The molecule has 0 fully saturated rings. The molecule has 1 heterocycles. The number of halogens is 1. The minimum Gasteiger partial charge on any atom is -0.466 e. The van der Waals surface area contributed by atoms with Crippen molar-refractivity contribution in [3.8, 4) is 0 Å². The highest BCUT2D eigenvalue weighted by molar-refractivity contribution is 7.13. The zero-order chi connectivity index (χ0) is 10.3. The Morgan fingerprint density at radius 3 is 2.46 bits per heavy atom. The summed E-state index contributed by atoms with van der Waals surface area (Å²) in [7, 11) is 0. The van der Waals surface area contributed by atoms with Crippen LogP contribution in [0.2, 0.25) is 4.47 Å². The standard InChI is InChI=1S/C4H4ClNS.C4H8O2/c1-3-2-7-4(5)6-3;1-3-6-4(2)5/h2H,1H3;3H2,1-2H3. The average molecular weight is 222 g/mol. The predicted octanol–water partition coefficient (Wildman–Crippen LogP) is 2.67. The molecule has 1 aromatic rings. The molecule has 3 nitrogen and oxygen atoms in total. The van der Waals surface area contributed by atoms with Gasteiger partial charge in [0.05, 0.1) is 6.61 Å². The van der Waals surface area contributed by atoms with Gasteiger partial charge in [0.2, 0.25) is 0 Å². The number of rotatable bonds is 1. The fourth-order valence-electron chi connectivity index (χ4n) is 0.529. The van der Waals surface area contributed by atoms with Gasteiger partial charge < -0.3 is 4.74 Å². The van der Waals surface area contributed by atoms with E-state index in [1.807, 2.05) is 12.3 Å². The van der Waals surface area contributed by atoms with Crippen LogP contribution in [0.1, 0.15) is 19.5 Å². The van der Waals surface area contributed by atoms with E-state index in [9.17, 15) is 4.79 Å². The summed E-state index contributed by atoms with van der Waals surface area (Å²) >= 11 is 6.93. The summed E-state index contributed by atoms with van der Waals surface area (Å²) in [5.41, 5.74) is 0.995. The molecule has 0 aliphatic carbocycles. The number of aromatic nitrogens is 1. The molecule has 5 heteroatoms. The van der Waals surface area contributed by atoms with Crippen molar-refractivity contribution in [1.29, 1.82) is 0 Å². The molecule has 74 valence electrons. The van der Waals surface area contributed by atoms with Crippen LogP contribution < -0.4 is 0 Å². The molecular formula is C8H12ClNO2S. The topological polar surface area (TPSA) is 39.2 Å². The van der Waals surface area contributed by atoms with E-state index < -0.39 is 0 Å². The van der Waals surface area contributed by atoms with Crippen LogP contribution in [0.25, 0.3) is 0 Å². The SMILES string of the molecule is CCOC(C)=O.Cc1csc(Cl)n1. The first-order valence-corrected chi connectivity index (χ1v) is 5.03. The van der Waals surface area contributed by atoms with Gasteiger partial charge in [-0.25, -0.2) is 4.98 Å². The first-order chi connectivity index (χ1) is 6.06. The van der Waals surface area contributed by atoms with Crippen molar-refractivity contribution in [3.63, 3.8) is 0 Å². The Hall–Kier alpha value is -0.610. The van der Waals surface area contributed by atoms with Crippen LogP contribution in [0.4, 0.5) is 0 Å². The zero-order valence-corrected chi connectivity index (χ0v) is 9.41. The Balaban J connectivity index is 0.000000226. The largest absolute Gasteiger partial charge is 0.466 e. The maximum absolute atomic E-state index is 9.82. The van der Waals surface area contributed by atoms with Crippen LogP contribution >= 0.6 is 22.9 Å². The summed E-state index contributed by atoms with van der Waals surface area (Å²) in [5.74, 6) is -0.211. The minimum absolute atomic E-state index is 0.211. The number of aryl methyl sites for hydroxylation is 1. The van der Waals surface area contributed by atoms with Crippen molar-refractivity contribution in [3.05, 3.63) is 15.5 Å². The highest BCUT2D eigenvalue weighted by Crippen LogP contribution is 2.13. The van der Waals surface area contributed by atoms with Gasteiger partial charge >= 0.3 is 5.97 Å². The third kappa shape index (κ3) is 7.74. The Kier molecular flexibility index (Phi) is 6.54. The van der Waals surface area contributed by atoms with Gasteiger partial charge in [0.15, 0.2) is 4.47 Å². The third-order valence-electron chi connectivity index (χ3n) is 0.939. The van der Waals surface area contributed by atoms with Crippen molar-refractivity contribution in [2.75, 3.05) is 6.61 Å². The Morgan fingerprint density at radius 2 is 2.38 bits per heavy atom. The van der Waals surface area contributed by atoms with Gasteiger partial charge in [-0.05, 0) is 13.8 Å². The summed E-state index contributed by atoms with van der Waals surface area (Å²) in [6.07, 6.45) is 0. The third-order valence-corrected chi connectivity index (χ3v) is 2.04. The Morgan fingerprint density at radius 1 is 1.77 bits per heavy atom. The van der Waals surface area contributed by atoms with Crippen molar-refractivity contribution in [1.82, 2.24) is 4.98 Å². The van der Waals surface area contributed by atoms with Crippen molar-refractivity contribution in [2.24, 2.45) is 0 Å². The fourth-order valence-corrected chi connectivity index (χ4v) is 1.31. The van der Waals surface area contributed by atoms with Gasteiger partial charge in [-0.2, -0.15) is 0 Å². The van der Waals surface area contributed by atoms with Gasteiger partial charge in [-0.1, -0.05) is 11.6 Å². The monoisotopic (exact) mass is 221 g/mol. The van der Waals surface area contributed by atoms with E-state index in [-0.39, 0.29) is 5.97 Å². The Labute approximate surface area is 86.7 Å². The first-order valence-electron chi connectivity index (χ1n) is 3.77. The summed E-state index contributed by atoms with van der Waals surface area (Å²) in [6, 6.07) is 0. The molecule has 0 aliphatic heterocycles. The maximum Gasteiger partial charge on any atom is 0.302 e. The number of esters is 1. The second-order valence-electron chi connectivity index (χ2n) is 2.17. The second-order valence-corrected chi connectivity index (χ2v) is 3.61. The van der Waals surface area contributed by atoms with Gasteiger partial charge in [-0.3, -0.25) is 4.79 Å². The summed E-state index contributed by atoms with van der Waals surface area (Å²) in [5, 5.41) is 1.92. The normalized spacial score (nSPS) is 8.62. The first kappa shape index (κ1) is 12.4. The maximum atomic E-state index is 9.82. The number of hydrogen-bond acceptors (Lipinski definition) is 4. The van der Waals surface area contributed by atoms with Crippen LogP contribution in [-0.4, -0.2) is 17.6 Å². The lowest BCUT2D eigenvalue weighted by Gasteiger charge is -1.89. The smallest absolute Gasteiger partial charge is 0.302 e. The van der Waals surface area contributed by atoms with Gasteiger partial charge in [0.25, 0.3) is 0 Å². The van der Waals surface area contributed by atoms with Crippen LogP contribution in [-0.2, 0) is 9.53 Å².